The molecule has 2 aliphatic heterocycles. The van der Waals surface area contributed by atoms with E-state index in [0.29, 0.717) is 42.9 Å². The maximum absolute atomic E-state index is 13.1. The van der Waals surface area contributed by atoms with E-state index in [9.17, 15) is 9.59 Å². The number of hydrogen-bond acceptors (Lipinski definition) is 7. The third kappa shape index (κ3) is 5.15. The molecule has 32 heavy (non-hydrogen) atoms. The molecule has 2 aliphatic rings. The van der Waals surface area contributed by atoms with Crippen LogP contribution in [0.3, 0.4) is 0 Å². The molecule has 0 saturated carbocycles. The highest BCUT2D eigenvalue weighted by atomic mass is 32.1. The molecule has 2 amide bonds. The van der Waals surface area contributed by atoms with Crippen molar-refractivity contribution in [3.05, 3.63) is 34.7 Å². The third-order valence-electron chi connectivity index (χ3n) is 5.53. The van der Waals surface area contributed by atoms with E-state index >= 15 is 0 Å². The number of hydrogen-bond donors (Lipinski definition) is 2. The number of aromatic nitrogens is 1. The minimum atomic E-state index is -0.512. The van der Waals surface area contributed by atoms with Crippen molar-refractivity contribution < 1.29 is 14.3 Å². The lowest BCUT2D eigenvalue weighted by molar-refractivity contribution is 0.0240. The van der Waals surface area contributed by atoms with Gasteiger partial charge in [0.25, 0.3) is 5.91 Å². The lowest BCUT2D eigenvalue weighted by Crippen LogP contribution is -2.50. The molecule has 172 valence electrons. The van der Waals surface area contributed by atoms with Crippen LogP contribution in [0, 0.1) is 0 Å². The fourth-order valence-corrected chi connectivity index (χ4v) is 4.84. The van der Waals surface area contributed by atoms with Gasteiger partial charge in [-0.05, 0) is 52.7 Å². The lowest BCUT2D eigenvalue weighted by Gasteiger charge is -2.37. The minimum absolute atomic E-state index is 0.172. The molecule has 1 atom stereocenters. The van der Waals surface area contributed by atoms with Crippen molar-refractivity contribution in [1.29, 1.82) is 0 Å². The first kappa shape index (κ1) is 22.4. The van der Waals surface area contributed by atoms with Crippen molar-refractivity contribution in [3.8, 4) is 0 Å². The number of benzene rings is 1. The van der Waals surface area contributed by atoms with Crippen LogP contribution >= 0.6 is 11.3 Å². The standard InChI is InChI=1S/C23H31N5O3S/c1-15-9-10-18-19(24-15)25-21(32-18)26-20(29)16-7-5-6-8-17(16)27-11-13-28(14-12-27)22(30)31-23(2,3)4/h5-8,15,24H,9-14H2,1-4H3,(H,25,26,29). The predicted octanol–water partition coefficient (Wildman–Crippen LogP) is 4.20. The number of nitrogens with zero attached hydrogens (tertiary/aromatic N) is 3. The number of para-hydroxylation sites is 1. The summed E-state index contributed by atoms with van der Waals surface area (Å²) < 4.78 is 5.48. The molecule has 0 spiro atoms. The highest BCUT2D eigenvalue weighted by molar-refractivity contribution is 7.16. The summed E-state index contributed by atoms with van der Waals surface area (Å²) in [5.41, 5.74) is 0.955. The van der Waals surface area contributed by atoms with Gasteiger partial charge in [0, 0.05) is 37.9 Å². The number of carbonyl (C=O) groups is 2. The highest BCUT2D eigenvalue weighted by Crippen LogP contribution is 2.33. The number of aryl methyl sites for hydroxylation is 1. The molecule has 9 heteroatoms. The maximum Gasteiger partial charge on any atom is 0.410 e. The van der Waals surface area contributed by atoms with Crippen LogP contribution in [-0.2, 0) is 11.2 Å². The molecule has 3 heterocycles. The Morgan fingerprint density at radius 3 is 2.62 bits per heavy atom. The van der Waals surface area contributed by atoms with Crippen molar-refractivity contribution >= 4 is 40.0 Å². The van der Waals surface area contributed by atoms with E-state index < -0.39 is 5.60 Å². The van der Waals surface area contributed by atoms with E-state index in [0.717, 1.165) is 24.3 Å². The number of amides is 2. The molecule has 1 aromatic heterocycles. The van der Waals surface area contributed by atoms with Gasteiger partial charge in [0.1, 0.15) is 11.4 Å². The van der Waals surface area contributed by atoms with Gasteiger partial charge in [0.2, 0.25) is 0 Å². The molecule has 1 unspecified atom stereocenters. The number of nitrogens with one attached hydrogen (secondary N) is 2. The van der Waals surface area contributed by atoms with E-state index in [2.05, 4.69) is 27.4 Å². The van der Waals surface area contributed by atoms with Crippen LogP contribution < -0.4 is 15.5 Å². The Kier molecular flexibility index (Phi) is 6.28. The smallest absolute Gasteiger partial charge is 0.410 e. The summed E-state index contributed by atoms with van der Waals surface area (Å²) in [6, 6.07) is 7.98. The average Bonchev–Trinajstić information content (AvgIpc) is 3.14. The number of fused-ring (bicyclic) bond motifs is 1. The monoisotopic (exact) mass is 457 g/mol. The first-order chi connectivity index (χ1) is 15.2. The molecule has 1 fully saturated rings. The summed E-state index contributed by atoms with van der Waals surface area (Å²) in [5.74, 6) is 0.713. The fourth-order valence-electron chi connectivity index (χ4n) is 3.90. The van der Waals surface area contributed by atoms with Crippen LogP contribution in [-0.4, -0.2) is 59.7 Å². The van der Waals surface area contributed by atoms with Crippen molar-refractivity contribution in [2.45, 2.75) is 52.2 Å². The van der Waals surface area contributed by atoms with Gasteiger partial charge >= 0.3 is 6.09 Å². The Morgan fingerprint density at radius 2 is 1.91 bits per heavy atom. The van der Waals surface area contributed by atoms with Gasteiger partial charge in [-0.2, -0.15) is 0 Å². The number of carbonyl (C=O) groups excluding carboxylic acids is 2. The quantitative estimate of drug-likeness (QED) is 0.718. The molecule has 0 radical (unpaired) electrons. The maximum atomic E-state index is 13.1. The zero-order chi connectivity index (χ0) is 22.9. The molecule has 8 nitrogen and oxygen atoms in total. The topological polar surface area (TPSA) is 86.8 Å². The van der Waals surface area contributed by atoms with E-state index in [1.54, 1.807) is 4.90 Å². The Bertz CT molecular complexity index is 992. The van der Waals surface area contributed by atoms with Gasteiger partial charge in [-0.3, -0.25) is 10.1 Å². The molecule has 2 N–H and O–H groups in total. The third-order valence-corrected chi connectivity index (χ3v) is 6.56. The fraction of sp³-hybridized carbons (Fsp3) is 0.522. The van der Waals surface area contributed by atoms with Crippen molar-refractivity contribution in [3.63, 3.8) is 0 Å². The summed E-state index contributed by atoms with van der Waals surface area (Å²) in [6.45, 7) is 10.1. The first-order valence-electron chi connectivity index (χ1n) is 11.1. The van der Waals surface area contributed by atoms with E-state index in [-0.39, 0.29) is 12.0 Å². The molecule has 4 rings (SSSR count). The Morgan fingerprint density at radius 1 is 1.19 bits per heavy atom. The average molecular weight is 458 g/mol. The molecular weight excluding hydrogens is 426 g/mol. The van der Waals surface area contributed by atoms with E-state index in [4.69, 9.17) is 4.74 Å². The lowest BCUT2D eigenvalue weighted by atomic mass is 10.1. The van der Waals surface area contributed by atoms with Gasteiger partial charge in [-0.25, -0.2) is 9.78 Å². The Balaban J connectivity index is 1.42. The second-order valence-electron chi connectivity index (χ2n) is 9.30. The van der Waals surface area contributed by atoms with Gasteiger partial charge in [0.05, 0.1) is 10.4 Å². The molecule has 1 aromatic carbocycles. The van der Waals surface area contributed by atoms with Crippen molar-refractivity contribution in [2.24, 2.45) is 0 Å². The number of ether oxygens (including phenoxy) is 1. The Labute approximate surface area is 193 Å². The van der Waals surface area contributed by atoms with Crippen LogP contribution in [0.25, 0.3) is 0 Å². The highest BCUT2D eigenvalue weighted by Gasteiger charge is 2.28. The van der Waals surface area contributed by atoms with Crippen LogP contribution in [0.5, 0.6) is 0 Å². The van der Waals surface area contributed by atoms with Crippen LogP contribution in [0.1, 0.15) is 49.4 Å². The molecule has 0 bridgehead atoms. The van der Waals surface area contributed by atoms with Gasteiger partial charge in [-0.15, -0.1) is 0 Å². The largest absolute Gasteiger partial charge is 0.444 e. The first-order valence-corrected chi connectivity index (χ1v) is 11.9. The summed E-state index contributed by atoms with van der Waals surface area (Å²) in [7, 11) is 0. The Hall–Kier alpha value is -2.81. The summed E-state index contributed by atoms with van der Waals surface area (Å²) in [4.78, 5) is 35.1. The SMILES string of the molecule is CC1CCc2sc(NC(=O)c3ccccc3N3CCN(C(=O)OC(C)(C)C)CC3)nc2N1. The van der Waals surface area contributed by atoms with E-state index in [1.807, 2.05) is 45.0 Å². The number of anilines is 3. The molecule has 1 saturated heterocycles. The number of piperazine rings is 1. The number of rotatable bonds is 3. The van der Waals surface area contributed by atoms with Crippen molar-refractivity contribution in [1.82, 2.24) is 9.88 Å². The summed E-state index contributed by atoms with van der Waals surface area (Å²) in [5, 5.41) is 6.98. The van der Waals surface area contributed by atoms with Crippen molar-refractivity contribution in [2.75, 3.05) is 41.7 Å². The van der Waals surface area contributed by atoms with Gasteiger partial charge in [-0.1, -0.05) is 23.5 Å². The van der Waals surface area contributed by atoms with Crippen LogP contribution in [0.4, 0.5) is 21.4 Å². The molecular formula is C23H31N5O3S. The van der Waals surface area contributed by atoms with Gasteiger partial charge in [0.15, 0.2) is 5.13 Å². The van der Waals surface area contributed by atoms with E-state index in [1.165, 1.54) is 16.2 Å². The normalized spacial score (nSPS) is 18.6. The molecule has 0 aliphatic carbocycles. The second-order valence-corrected chi connectivity index (χ2v) is 10.4. The van der Waals surface area contributed by atoms with Gasteiger partial charge < -0.3 is 19.9 Å². The predicted molar refractivity (Wildman–Crippen MR) is 128 cm³/mol. The number of thiazole rings is 1. The summed E-state index contributed by atoms with van der Waals surface area (Å²) in [6.07, 6.45) is 1.76. The minimum Gasteiger partial charge on any atom is -0.444 e. The van der Waals surface area contributed by atoms with Crippen LogP contribution in [0.15, 0.2) is 24.3 Å². The van der Waals surface area contributed by atoms with Crippen LogP contribution in [0.2, 0.25) is 0 Å². The second kappa shape index (κ2) is 8.97. The zero-order valence-electron chi connectivity index (χ0n) is 19.1. The zero-order valence-corrected chi connectivity index (χ0v) is 19.9. The molecule has 2 aromatic rings. The summed E-state index contributed by atoms with van der Waals surface area (Å²) >= 11 is 1.53.